The average molecular weight is 368 g/mol. The Hall–Kier alpha value is -1.17. The van der Waals surface area contributed by atoms with Gasteiger partial charge in [-0.1, -0.05) is 0 Å². The van der Waals surface area contributed by atoms with Crippen LogP contribution in [0, 0.1) is 0 Å². The molecule has 2 nitrogen and oxygen atoms in total. The van der Waals surface area contributed by atoms with Crippen molar-refractivity contribution in [2.75, 3.05) is 38.0 Å². The zero-order valence-corrected chi connectivity index (χ0v) is 14.3. The van der Waals surface area contributed by atoms with E-state index in [-0.39, 0.29) is 20.9 Å². The standard InChI is InChI=1S/C16H20N2Te/c1-17(2)13-9-5-7-11-15(13)19-16-12-8-6-10-14(16)18(3)4/h5-12H,1-4H3. The molecule has 0 unspecified atom stereocenters. The molecule has 0 bridgehead atoms. The van der Waals surface area contributed by atoms with Gasteiger partial charge in [0, 0.05) is 0 Å². The molecule has 100 valence electrons. The predicted molar refractivity (Wildman–Crippen MR) is 86.6 cm³/mol. The summed E-state index contributed by atoms with van der Waals surface area (Å²) in [4.78, 5) is 4.41. The molecule has 2 aromatic rings. The fraction of sp³-hybridized carbons (Fsp3) is 0.250. The van der Waals surface area contributed by atoms with Gasteiger partial charge in [-0.25, -0.2) is 0 Å². The van der Waals surface area contributed by atoms with Crippen molar-refractivity contribution in [2.45, 2.75) is 0 Å². The van der Waals surface area contributed by atoms with Crippen LogP contribution in [0.4, 0.5) is 11.4 Å². The molecule has 0 heterocycles. The Kier molecular flexibility index (Phi) is 4.74. The fourth-order valence-electron chi connectivity index (χ4n) is 1.94. The van der Waals surface area contributed by atoms with Crippen molar-refractivity contribution < 1.29 is 0 Å². The van der Waals surface area contributed by atoms with Crippen molar-refractivity contribution in [1.82, 2.24) is 0 Å². The summed E-state index contributed by atoms with van der Waals surface area (Å²) in [5.74, 6) is 0. The molecule has 0 saturated carbocycles. The molecule has 3 heteroatoms. The van der Waals surface area contributed by atoms with Crippen LogP contribution in [0.1, 0.15) is 0 Å². The van der Waals surface area contributed by atoms with E-state index in [9.17, 15) is 0 Å². The summed E-state index contributed by atoms with van der Waals surface area (Å²) in [6.45, 7) is 0. The van der Waals surface area contributed by atoms with E-state index in [1.165, 1.54) is 18.6 Å². The molecule has 0 aromatic heterocycles. The molecule has 19 heavy (non-hydrogen) atoms. The molecule has 0 saturated heterocycles. The average Bonchev–Trinajstić information content (AvgIpc) is 2.39. The van der Waals surface area contributed by atoms with E-state index in [0.29, 0.717) is 0 Å². The number of para-hydroxylation sites is 2. The summed E-state index contributed by atoms with van der Waals surface area (Å²) in [6, 6.07) is 17.5. The zero-order chi connectivity index (χ0) is 13.8. The van der Waals surface area contributed by atoms with Gasteiger partial charge in [-0.3, -0.25) is 0 Å². The third-order valence-electron chi connectivity index (χ3n) is 2.91. The number of hydrogen-bond acceptors (Lipinski definition) is 2. The Morgan fingerprint density at radius 2 is 1.00 bits per heavy atom. The van der Waals surface area contributed by atoms with Crippen LogP contribution in [0.5, 0.6) is 0 Å². The van der Waals surface area contributed by atoms with Crippen LogP contribution < -0.4 is 17.0 Å². The van der Waals surface area contributed by atoms with Gasteiger partial charge in [-0.05, 0) is 0 Å². The Morgan fingerprint density at radius 3 is 1.37 bits per heavy atom. The van der Waals surface area contributed by atoms with E-state index in [2.05, 4.69) is 86.5 Å². The number of anilines is 2. The minimum atomic E-state index is -0.370. The van der Waals surface area contributed by atoms with Gasteiger partial charge in [0.2, 0.25) is 0 Å². The van der Waals surface area contributed by atoms with Crippen molar-refractivity contribution in [3.8, 4) is 0 Å². The molecular formula is C16H20N2Te. The molecular weight excluding hydrogens is 348 g/mol. The van der Waals surface area contributed by atoms with Crippen molar-refractivity contribution in [3.63, 3.8) is 0 Å². The summed E-state index contributed by atoms with van der Waals surface area (Å²) < 4.78 is 2.99. The molecule has 0 amide bonds. The van der Waals surface area contributed by atoms with Crippen LogP contribution in [0.15, 0.2) is 48.5 Å². The molecule has 0 aliphatic carbocycles. The summed E-state index contributed by atoms with van der Waals surface area (Å²) in [7, 11) is 8.46. The first kappa shape index (κ1) is 14.2. The van der Waals surface area contributed by atoms with Gasteiger partial charge in [-0.2, -0.15) is 0 Å². The van der Waals surface area contributed by atoms with Crippen molar-refractivity contribution >= 4 is 39.5 Å². The fourth-order valence-corrected chi connectivity index (χ4v) is 5.48. The van der Waals surface area contributed by atoms with Crippen molar-refractivity contribution in [1.29, 1.82) is 0 Å². The van der Waals surface area contributed by atoms with E-state index in [0.717, 1.165) is 0 Å². The van der Waals surface area contributed by atoms with Crippen LogP contribution in [0.2, 0.25) is 0 Å². The van der Waals surface area contributed by atoms with E-state index < -0.39 is 0 Å². The van der Waals surface area contributed by atoms with Gasteiger partial charge in [0.1, 0.15) is 0 Å². The molecule has 0 N–H and O–H groups in total. The van der Waals surface area contributed by atoms with E-state index in [4.69, 9.17) is 0 Å². The van der Waals surface area contributed by atoms with E-state index in [1.54, 1.807) is 0 Å². The Balaban J connectivity index is 2.37. The molecule has 0 atom stereocenters. The van der Waals surface area contributed by atoms with Gasteiger partial charge in [-0.15, -0.1) is 0 Å². The molecule has 2 aromatic carbocycles. The number of hydrogen-bond donors (Lipinski definition) is 0. The molecule has 0 spiro atoms. The summed E-state index contributed by atoms with van der Waals surface area (Å²) in [5.41, 5.74) is 2.69. The number of nitrogens with zero attached hydrogens (tertiary/aromatic N) is 2. The Morgan fingerprint density at radius 1 is 0.632 bits per heavy atom. The molecule has 0 aliphatic heterocycles. The second-order valence-corrected chi connectivity index (χ2v) is 7.92. The van der Waals surface area contributed by atoms with Crippen LogP contribution in [0.3, 0.4) is 0 Å². The van der Waals surface area contributed by atoms with E-state index in [1.807, 2.05) is 0 Å². The molecule has 2 rings (SSSR count). The Labute approximate surface area is 126 Å². The first-order valence-corrected chi connectivity index (χ1v) is 8.63. The van der Waals surface area contributed by atoms with Crippen LogP contribution in [-0.2, 0) is 0 Å². The normalized spacial score (nSPS) is 10.3. The molecule has 0 radical (unpaired) electrons. The quantitative estimate of drug-likeness (QED) is 0.755. The third-order valence-corrected chi connectivity index (χ3v) is 6.14. The Bertz CT molecular complexity index is 500. The zero-order valence-electron chi connectivity index (χ0n) is 11.9. The topological polar surface area (TPSA) is 6.48 Å². The summed E-state index contributed by atoms with van der Waals surface area (Å²) >= 11 is -0.370. The van der Waals surface area contributed by atoms with Crippen LogP contribution in [-0.4, -0.2) is 49.1 Å². The predicted octanol–water partition coefficient (Wildman–Crippen LogP) is 1.47. The molecule has 0 fully saturated rings. The first-order valence-electron chi connectivity index (χ1n) is 6.30. The monoisotopic (exact) mass is 370 g/mol. The second-order valence-electron chi connectivity index (χ2n) is 4.83. The first-order chi connectivity index (χ1) is 9.09. The summed E-state index contributed by atoms with van der Waals surface area (Å²) in [6.07, 6.45) is 0. The van der Waals surface area contributed by atoms with Crippen molar-refractivity contribution in [3.05, 3.63) is 48.5 Å². The SMILES string of the molecule is CN(C)c1ccccc1[Te]c1ccccc1N(C)C. The van der Waals surface area contributed by atoms with Gasteiger partial charge in [0.15, 0.2) is 0 Å². The van der Waals surface area contributed by atoms with Crippen LogP contribution >= 0.6 is 0 Å². The van der Waals surface area contributed by atoms with Gasteiger partial charge >= 0.3 is 126 Å². The van der Waals surface area contributed by atoms with Gasteiger partial charge < -0.3 is 0 Å². The maximum atomic E-state index is 2.27. The minimum absolute atomic E-state index is 0.370. The van der Waals surface area contributed by atoms with Crippen LogP contribution in [0.25, 0.3) is 0 Å². The maximum absolute atomic E-state index is 2.27. The number of benzene rings is 2. The van der Waals surface area contributed by atoms with Gasteiger partial charge in [0.25, 0.3) is 0 Å². The number of rotatable bonds is 4. The second kappa shape index (κ2) is 6.32. The van der Waals surface area contributed by atoms with E-state index >= 15 is 0 Å². The summed E-state index contributed by atoms with van der Waals surface area (Å²) in [5, 5.41) is 0. The third kappa shape index (κ3) is 3.43. The molecule has 0 aliphatic rings. The van der Waals surface area contributed by atoms with Crippen molar-refractivity contribution in [2.24, 2.45) is 0 Å². The van der Waals surface area contributed by atoms with Gasteiger partial charge in [0.05, 0.1) is 0 Å².